The SMILES string of the molecule is CCn1cc(CCN(C)C)c2c(OC)cc(F)cc21.Cl. The van der Waals surface area contributed by atoms with E-state index in [-0.39, 0.29) is 18.2 Å². The highest BCUT2D eigenvalue weighted by molar-refractivity contribution is 5.90. The second-order valence-electron chi connectivity index (χ2n) is 5.00. The molecule has 0 aliphatic heterocycles. The summed E-state index contributed by atoms with van der Waals surface area (Å²) in [5.74, 6) is 0.368. The van der Waals surface area contributed by atoms with Crippen LogP contribution in [-0.4, -0.2) is 37.2 Å². The number of rotatable bonds is 5. The third-order valence-corrected chi connectivity index (χ3v) is 3.38. The first kappa shape index (κ1) is 16.8. The Morgan fingerprint density at radius 2 is 2.00 bits per heavy atom. The first-order valence-electron chi connectivity index (χ1n) is 6.56. The van der Waals surface area contributed by atoms with Gasteiger partial charge in [-0.25, -0.2) is 4.39 Å². The zero-order chi connectivity index (χ0) is 14.0. The lowest BCUT2D eigenvalue weighted by Gasteiger charge is -2.09. The van der Waals surface area contributed by atoms with E-state index >= 15 is 0 Å². The zero-order valence-corrected chi connectivity index (χ0v) is 13.3. The molecule has 1 aromatic heterocycles. The molecule has 0 aliphatic carbocycles. The average molecular weight is 301 g/mol. The Bertz CT molecular complexity index is 581. The van der Waals surface area contributed by atoms with Crippen molar-refractivity contribution in [3.05, 3.63) is 29.7 Å². The maximum absolute atomic E-state index is 13.6. The van der Waals surface area contributed by atoms with E-state index in [1.54, 1.807) is 13.2 Å². The van der Waals surface area contributed by atoms with Crippen LogP contribution < -0.4 is 4.74 Å². The van der Waals surface area contributed by atoms with Gasteiger partial charge in [-0.2, -0.15) is 0 Å². The van der Waals surface area contributed by atoms with E-state index in [9.17, 15) is 4.39 Å². The second kappa shape index (κ2) is 6.95. The summed E-state index contributed by atoms with van der Waals surface area (Å²) < 4.78 is 21.0. The maximum Gasteiger partial charge on any atom is 0.131 e. The van der Waals surface area contributed by atoms with E-state index in [1.165, 1.54) is 11.6 Å². The Kier molecular flexibility index (Phi) is 5.84. The second-order valence-corrected chi connectivity index (χ2v) is 5.00. The van der Waals surface area contributed by atoms with Crippen molar-refractivity contribution in [3.63, 3.8) is 0 Å². The molecule has 112 valence electrons. The summed E-state index contributed by atoms with van der Waals surface area (Å²) in [4.78, 5) is 2.14. The van der Waals surface area contributed by atoms with E-state index in [0.29, 0.717) is 5.75 Å². The first-order valence-corrected chi connectivity index (χ1v) is 6.56. The minimum Gasteiger partial charge on any atom is -0.496 e. The molecule has 0 spiro atoms. The third-order valence-electron chi connectivity index (χ3n) is 3.38. The Hall–Kier alpha value is -1.26. The summed E-state index contributed by atoms with van der Waals surface area (Å²) in [6, 6.07) is 3.04. The number of nitrogens with zero attached hydrogens (tertiary/aromatic N) is 2. The van der Waals surface area contributed by atoms with Crippen molar-refractivity contribution < 1.29 is 9.13 Å². The number of aromatic nitrogens is 1. The van der Waals surface area contributed by atoms with Crippen molar-refractivity contribution in [2.75, 3.05) is 27.7 Å². The van der Waals surface area contributed by atoms with Crippen LogP contribution in [0.2, 0.25) is 0 Å². The van der Waals surface area contributed by atoms with Crippen molar-refractivity contribution >= 4 is 23.3 Å². The molecule has 3 nitrogen and oxygen atoms in total. The molecule has 1 aromatic carbocycles. The van der Waals surface area contributed by atoms with Crippen molar-refractivity contribution in [2.24, 2.45) is 0 Å². The molecule has 0 N–H and O–H groups in total. The molecule has 0 fully saturated rings. The molecule has 2 rings (SSSR count). The number of aryl methyl sites for hydroxylation is 1. The van der Waals surface area contributed by atoms with E-state index in [0.717, 1.165) is 30.4 Å². The van der Waals surface area contributed by atoms with Crippen molar-refractivity contribution in [1.82, 2.24) is 9.47 Å². The summed E-state index contributed by atoms with van der Waals surface area (Å²) >= 11 is 0. The van der Waals surface area contributed by atoms with Gasteiger partial charge in [0.05, 0.1) is 12.6 Å². The fraction of sp³-hybridized carbons (Fsp3) is 0.467. The van der Waals surface area contributed by atoms with Gasteiger partial charge in [0.15, 0.2) is 0 Å². The van der Waals surface area contributed by atoms with E-state index in [2.05, 4.69) is 36.7 Å². The predicted molar refractivity (Wildman–Crippen MR) is 83.6 cm³/mol. The van der Waals surface area contributed by atoms with Crippen LogP contribution in [0.1, 0.15) is 12.5 Å². The summed E-state index contributed by atoms with van der Waals surface area (Å²) in [7, 11) is 5.69. The summed E-state index contributed by atoms with van der Waals surface area (Å²) in [5.41, 5.74) is 2.12. The highest BCUT2D eigenvalue weighted by Crippen LogP contribution is 2.32. The molecule has 0 unspecified atom stereocenters. The van der Waals surface area contributed by atoms with Gasteiger partial charge in [0, 0.05) is 30.7 Å². The topological polar surface area (TPSA) is 17.4 Å². The molecule has 0 aliphatic rings. The first-order chi connectivity index (χ1) is 9.06. The van der Waals surface area contributed by atoms with Crippen LogP contribution in [-0.2, 0) is 13.0 Å². The Morgan fingerprint density at radius 3 is 2.55 bits per heavy atom. The summed E-state index contributed by atoms with van der Waals surface area (Å²) in [6.45, 7) is 3.85. The quantitative estimate of drug-likeness (QED) is 0.843. The standard InChI is InChI=1S/C15H21FN2O.ClH/c1-5-18-10-11(6-7-17(2)3)15-13(18)8-12(16)9-14(15)19-4;/h8-10H,5-7H2,1-4H3;1H. The molecule has 0 atom stereocenters. The lowest BCUT2D eigenvalue weighted by atomic mass is 10.1. The fourth-order valence-electron chi connectivity index (χ4n) is 2.40. The molecule has 1 heterocycles. The van der Waals surface area contributed by atoms with E-state index < -0.39 is 0 Å². The van der Waals surface area contributed by atoms with Gasteiger partial charge >= 0.3 is 0 Å². The van der Waals surface area contributed by atoms with Crippen LogP contribution >= 0.6 is 12.4 Å². The number of methoxy groups -OCH3 is 1. The van der Waals surface area contributed by atoms with Gasteiger partial charge in [-0.15, -0.1) is 12.4 Å². The molecule has 0 saturated heterocycles. The molecular weight excluding hydrogens is 279 g/mol. The molecule has 0 amide bonds. The Balaban J connectivity index is 0.00000200. The van der Waals surface area contributed by atoms with Crippen LogP contribution in [0.15, 0.2) is 18.3 Å². The zero-order valence-electron chi connectivity index (χ0n) is 12.4. The van der Waals surface area contributed by atoms with Crippen LogP contribution in [0.4, 0.5) is 4.39 Å². The van der Waals surface area contributed by atoms with Gasteiger partial charge in [0.2, 0.25) is 0 Å². The Labute approximate surface area is 125 Å². The molecule has 2 aromatic rings. The largest absolute Gasteiger partial charge is 0.496 e. The molecule has 0 radical (unpaired) electrons. The number of halogens is 2. The highest BCUT2D eigenvalue weighted by Gasteiger charge is 2.14. The van der Waals surface area contributed by atoms with Crippen LogP contribution in [0, 0.1) is 5.82 Å². The number of hydrogen-bond donors (Lipinski definition) is 0. The van der Waals surface area contributed by atoms with Crippen LogP contribution in [0.3, 0.4) is 0 Å². The van der Waals surface area contributed by atoms with Gasteiger partial charge in [0.1, 0.15) is 11.6 Å². The number of ether oxygens (including phenoxy) is 1. The summed E-state index contributed by atoms with van der Waals surface area (Å²) in [5, 5.41) is 1.03. The average Bonchev–Trinajstić information content (AvgIpc) is 2.73. The van der Waals surface area contributed by atoms with Crippen molar-refractivity contribution in [3.8, 4) is 5.75 Å². The molecule has 5 heteroatoms. The number of likely N-dealkylation sites (N-methyl/N-ethyl adjacent to an activating group) is 1. The lowest BCUT2D eigenvalue weighted by Crippen LogP contribution is -2.14. The molecule has 0 bridgehead atoms. The van der Waals surface area contributed by atoms with E-state index in [1.807, 2.05) is 0 Å². The minimum atomic E-state index is -0.253. The van der Waals surface area contributed by atoms with Crippen molar-refractivity contribution in [1.29, 1.82) is 0 Å². The molecule has 0 saturated carbocycles. The van der Waals surface area contributed by atoms with Crippen LogP contribution in [0.5, 0.6) is 5.75 Å². The molecule has 20 heavy (non-hydrogen) atoms. The predicted octanol–water partition coefficient (Wildman–Crippen LogP) is 3.33. The van der Waals surface area contributed by atoms with Crippen molar-refractivity contribution in [2.45, 2.75) is 19.9 Å². The third kappa shape index (κ3) is 3.25. The fourth-order valence-corrected chi connectivity index (χ4v) is 2.40. The number of hydrogen-bond acceptors (Lipinski definition) is 2. The van der Waals surface area contributed by atoms with Gasteiger partial charge in [-0.05, 0) is 39.1 Å². The van der Waals surface area contributed by atoms with Gasteiger partial charge in [-0.1, -0.05) is 0 Å². The maximum atomic E-state index is 13.6. The number of benzene rings is 1. The van der Waals surface area contributed by atoms with Gasteiger partial charge < -0.3 is 14.2 Å². The molecular formula is C15H22ClFN2O. The van der Waals surface area contributed by atoms with Crippen LogP contribution in [0.25, 0.3) is 10.9 Å². The monoisotopic (exact) mass is 300 g/mol. The normalized spacial score (nSPS) is 10.9. The number of fused-ring (bicyclic) bond motifs is 1. The van der Waals surface area contributed by atoms with Gasteiger partial charge in [0.25, 0.3) is 0 Å². The highest BCUT2D eigenvalue weighted by atomic mass is 35.5. The Morgan fingerprint density at radius 1 is 1.30 bits per heavy atom. The summed E-state index contributed by atoms with van der Waals surface area (Å²) in [6.07, 6.45) is 3.04. The smallest absolute Gasteiger partial charge is 0.131 e. The minimum absolute atomic E-state index is 0. The lowest BCUT2D eigenvalue weighted by molar-refractivity contribution is 0.410. The van der Waals surface area contributed by atoms with E-state index in [4.69, 9.17) is 4.74 Å². The van der Waals surface area contributed by atoms with Gasteiger partial charge in [-0.3, -0.25) is 0 Å².